The Hall–Kier alpha value is -0.890. The second-order valence-electron chi connectivity index (χ2n) is 3.69. The first kappa shape index (κ1) is 13.5. The quantitative estimate of drug-likeness (QED) is 0.736. The van der Waals surface area contributed by atoms with Crippen molar-refractivity contribution in [1.82, 2.24) is 0 Å². The zero-order chi connectivity index (χ0) is 13.1. The molecule has 94 valence electrons. The highest BCUT2D eigenvalue weighted by Crippen LogP contribution is 2.39. The van der Waals surface area contributed by atoms with E-state index in [-0.39, 0.29) is 0 Å². The molecule has 1 aliphatic rings. The van der Waals surface area contributed by atoms with Crippen LogP contribution in [-0.4, -0.2) is 6.61 Å². The number of benzene rings is 1. The molecule has 0 atom stereocenters. The predicted molar refractivity (Wildman–Crippen MR) is 78.3 cm³/mol. The minimum absolute atomic E-state index is 0.387. The molecule has 0 bridgehead atoms. The first-order valence-corrected chi connectivity index (χ1v) is 6.63. The van der Waals surface area contributed by atoms with Gasteiger partial charge in [0.15, 0.2) is 0 Å². The van der Waals surface area contributed by atoms with Gasteiger partial charge in [-0.05, 0) is 30.7 Å². The first-order valence-electron chi connectivity index (χ1n) is 5.50. The highest BCUT2D eigenvalue weighted by molar-refractivity contribution is 6.50. The van der Waals surface area contributed by atoms with E-state index in [0.717, 1.165) is 16.9 Å². The summed E-state index contributed by atoms with van der Waals surface area (Å²) in [6.07, 6.45) is 3.65. The minimum atomic E-state index is 0.387. The van der Waals surface area contributed by atoms with Gasteiger partial charge in [0.25, 0.3) is 0 Å². The molecule has 1 aromatic rings. The maximum Gasteiger partial charge on any atom is 0.126 e. The standard InChI is InChI=1S/C14H11Cl3O/c1-2-18-12-6-4-3-5-9(12)7-10-8-11(15)14(17)13(10)16/h3-8H,2H2,1H3/b10-7+. The molecule has 0 unspecified atom stereocenters. The Balaban J connectivity index is 2.41. The molecule has 0 saturated heterocycles. The van der Waals surface area contributed by atoms with Crippen LogP contribution in [0, 0.1) is 0 Å². The molecule has 0 spiro atoms. The van der Waals surface area contributed by atoms with Crippen molar-refractivity contribution < 1.29 is 4.74 Å². The first-order chi connectivity index (χ1) is 8.63. The number of para-hydroxylation sites is 1. The van der Waals surface area contributed by atoms with E-state index in [1.54, 1.807) is 6.08 Å². The maximum atomic E-state index is 6.10. The van der Waals surface area contributed by atoms with Crippen molar-refractivity contribution in [3.8, 4) is 5.75 Å². The number of hydrogen-bond donors (Lipinski definition) is 0. The minimum Gasteiger partial charge on any atom is -0.493 e. The Kier molecular flexibility index (Phi) is 4.39. The lowest BCUT2D eigenvalue weighted by molar-refractivity contribution is 0.339. The summed E-state index contributed by atoms with van der Waals surface area (Å²) >= 11 is 18.0. The van der Waals surface area contributed by atoms with E-state index in [1.807, 2.05) is 37.3 Å². The van der Waals surface area contributed by atoms with Crippen LogP contribution in [0.5, 0.6) is 5.75 Å². The largest absolute Gasteiger partial charge is 0.493 e. The van der Waals surface area contributed by atoms with E-state index >= 15 is 0 Å². The molecule has 1 aromatic carbocycles. The van der Waals surface area contributed by atoms with Crippen LogP contribution < -0.4 is 4.74 Å². The summed E-state index contributed by atoms with van der Waals surface area (Å²) in [5, 5.41) is 1.31. The third kappa shape index (κ3) is 2.74. The van der Waals surface area contributed by atoms with Gasteiger partial charge in [-0.3, -0.25) is 0 Å². The lowest BCUT2D eigenvalue weighted by Crippen LogP contribution is -1.93. The molecule has 1 nitrogen and oxygen atoms in total. The van der Waals surface area contributed by atoms with Crippen LogP contribution in [0.2, 0.25) is 0 Å². The van der Waals surface area contributed by atoms with E-state index in [2.05, 4.69) is 0 Å². The van der Waals surface area contributed by atoms with Crippen LogP contribution in [0.4, 0.5) is 0 Å². The Bertz CT molecular complexity index is 556. The molecule has 0 aromatic heterocycles. The van der Waals surface area contributed by atoms with Gasteiger partial charge in [0.1, 0.15) is 5.75 Å². The van der Waals surface area contributed by atoms with E-state index in [1.165, 1.54) is 0 Å². The van der Waals surface area contributed by atoms with Crippen LogP contribution >= 0.6 is 34.8 Å². The van der Waals surface area contributed by atoms with E-state index in [9.17, 15) is 0 Å². The molecular formula is C14H11Cl3O. The summed E-state index contributed by atoms with van der Waals surface area (Å²) in [4.78, 5) is 0. The summed E-state index contributed by atoms with van der Waals surface area (Å²) in [5.41, 5.74) is 1.73. The van der Waals surface area contributed by atoms with Crippen molar-refractivity contribution in [1.29, 1.82) is 0 Å². The van der Waals surface area contributed by atoms with Gasteiger partial charge in [0.05, 0.1) is 21.7 Å². The number of rotatable bonds is 3. The van der Waals surface area contributed by atoms with Gasteiger partial charge in [-0.15, -0.1) is 0 Å². The lowest BCUT2D eigenvalue weighted by Gasteiger charge is -2.07. The van der Waals surface area contributed by atoms with Crippen molar-refractivity contribution in [2.24, 2.45) is 0 Å². The van der Waals surface area contributed by atoms with E-state index in [4.69, 9.17) is 39.5 Å². The van der Waals surface area contributed by atoms with Gasteiger partial charge in [0, 0.05) is 5.56 Å². The molecule has 18 heavy (non-hydrogen) atoms. The monoisotopic (exact) mass is 300 g/mol. The van der Waals surface area contributed by atoms with Gasteiger partial charge in [-0.1, -0.05) is 53.0 Å². The highest BCUT2D eigenvalue weighted by Gasteiger charge is 2.17. The summed E-state index contributed by atoms with van der Waals surface area (Å²) in [6, 6.07) is 7.73. The number of allylic oxidation sites excluding steroid dienone is 5. The van der Waals surface area contributed by atoms with E-state index in [0.29, 0.717) is 21.7 Å². The molecule has 2 rings (SSSR count). The maximum absolute atomic E-state index is 6.10. The lowest BCUT2D eigenvalue weighted by atomic mass is 10.1. The van der Waals surface area contributed by atoms with E-state index < -0.39 is 0 Å². The Labute approximate surface area is 121 Å². The molecule has 0 saturated carbocycles. The number of halogens is 3. The fourth-order valence-electron chi connectivity index (χ4n) is 1.65. The van der Waals surface area contributed by atoms with Crippen molar-refractivity contribution >= 4 is 40.9 Å². The van der Waals surface area contributed by atoms with Crippen molar-refractivity contribution in [3.63, 3.8) is 0 Å². The summed E-state index contributed by atoms with van der Waals surface area (Å²) in [5.74, 6) is 0.810. The zero-order valence-corrected chi connectivity index (χ0v) is 12.0. The van der Waals surface area contributed by atoms with Gasteiger partial charge in [-0.25, -0.2) is 0 Å². The summed E-state index contributed by atoms with van der Waals surface area (Å²) in [7, 11) is 0. The second-order valence-corrected chi connectivity index (χ2v) is 4.85. The molecule has 0 fully saturated rings. The molecule has 0 aliphatic heterocycles. The number of hydrogen-bond acceptors (Lipinski definition) is 1. The normalized spacial score (nSPS) is 17.3. The average molecular weight is 302 g/mol. The van der Waals surface area contributed by atoms with Crippen LogP contribution in [0.3, 0.4) is 0 Å². The van der Waals surface area contributed by atoms with Crippen molar-refractivity contribution in [2.75, 3.05) is 6.61 Å². The Morgan fingerprint density at radius 1 is 1.11 bits per heavy atom. The predicted octanol–water partition coefficient (Wildman–Crippen LogP) is 5.29. The van der Waals surface area contributed by atoms with Gasteiger partial charge < -0.3 is 4.74 Å². The molecule has 1 aliphatic carbocycles. The fourth-order valence-corrected chi connectivity index (χ4v) is 2.29. The molecule has 4 heteroatoms. The third-order valence-electron chi connectivity index (χ3n) is 2.47. The molecule has 0 heterocycles. The Morgan fingerprint density at radius 3 is 2.44 bits per heavy atom. The average Bonchev–Trinajstić information content (AvgIpc) is 2.60. The van der Waals surface area contributed by atoms with Crippen LogP contribution in [-0.2, 0) is 0 Å². The van der Waals surface area contributed by atoms with Crippen LogP contribution in [0.1, 0.15) is 12.5 Å². The molecule has 0 N–H and O–H groups in total. The fraction of sp³-hybridized carbons (Fsp3) is 0.143. The van der Waals surface area contributed by atoms with Crippen LogP contribution in [0.25, 0.3) is 6.08 Å². The highest BCUT2D eigenvalue weighted by atomic mass is 35.5. The summed E-state index contributed by atoms with van der Waals surface area (Å²) in [6.45, 7) is 2.56. The van der Waals surface area contributed by atoms with Crippen LogP contribution in [0.15, 0.2) is 51.0 Å². The topological polar surface area (TPSA) is 9.23 Å². The Morgan fingerprint density at radius 2 is 1.83 bits per heavy atom. The van der Waals surface area contributed by atoms with Gasteiger partial charge >= 0.3 is 0 Å². The molecule has 0 radical (unpaired) electrons. The summed E-state index contributed by atoms with van der Waals surface area (Å²) < 4.78 is 5.55. The molecular weight excluding hydrogens is 291 g/mol. The smallest absolute Gasteiger partial charge is 0.126 e. The van der Waals surface area contributed by atoms with Crippen molar-refractivity contribution in [3.05, 3.63) is 56.6 Å². The zero-order valence-electron chi connectivity index (χ0n) is 9.71. The van der Waals surface area contributed by atoms with Crippen molar-refractivity contribution in [2.45, 2.75) is 6.92 Å². The molecule has 0 amide bonds. The van der Waals surface area contributed by atoms with Gasteiger partial charge in [-0.2, -0.15) is 0 Å². The third-order valence-corrected chi connectivity index (χ3v) is 3.76. The second kappa shape index (κ2) is 5.83. The van der Waals surface area contributed by atoms with Gasteiger partial charge in [0.2, 0.25) is 0 Å². The SMILES string of the molecule is CCOc1ccccc1/C=C1\C=C(Cl)C(Cl)=C1Cl. The number of ether oxygens (including phenoxy) is 1.